The second-order valence-electron chi connectivity index (χ2n) is 1.48. The molecule has 9 heavy (non-hydrogen) atoms. The third-order valence-electron chi connectivity index (χ3n) is 0.647. The zero-order chi connectivity index (χ0) is 7.49. The van der Waals surface area contributed by atoms with Crippen molar-refractivity contribution >= 4 is 10.1 Å². The van der Waals surface area contributed by atoms with Crippen LogP contribution in [-0.4, -0.2) is 18.1 Å². The van der Waals surface area contributed by atoms with Gasteiger partial charge in [0.05, 0.1) is 5.41 Å². The standard InChI is InChI=1S/C4H8O4S/c1-2-4(5)3-9(6,7)8/h3,5H,2H2,1H3,(H,6,7,8). The molecule has 0 aromatic heterocycles. The molecule has 0 fully saturated rings. The van der Waals surface area contributed by atoms with Crippen molar-refractivity contribution in [2.45, 2.75) is 13.3 Å². The summed E-state index contributed by atoms with van der Waals surface area (Å²) in [7, 11) is -4.15. The summed E-state index contributed by atoms with van der Waals surface area (Å²) < 4.78 is 27.9. The van der Waals surface area contributed by atoms with Crippen LogP contribution >= 0.6 is 0 Å². The minimum absolute atomic E-state index is 0.194. The SMILES string of the molecule is CCC(O)=CS(=O)(=O)O. The maximum Gasteiger partial charge on any atom is 0.290 e. The van der Waals surface area contributed by atoms with Crippen molar-refractivity contribution in [3.8, 4) is 0 Å². The largest absolute Gasteiger partial charge is 0.512 e. The Morgan fingerprint density at radius 3 is 2.22 bits per heavy atom. The molecule has 0 unspecified atom stereocenters. The molecule has 0 radical (unpaired) electrons. The molecular formula is C4H8O4S. The molecule has 0 saturated carbocycles. The number of allylic oxidation sites excluding steroid dienone is 1. The van der Waals surface area contributed by atoms with Gasteiger partial charge in [-0.05, 0) is 0 Å². The van der Waals surface area contributed by atoms with Crippen molar-refractivity contribution in [3.63, 3.8) is 0 Å². The van der Waals surface area contributed by atoms with Crippen molar-refractivity contribution in [2.75, 3.05) is 0 Å². The number of aliphatic hydroxyl groups excluding tert-OH is 1. The monoisotopic (exact) mass is 152 g/mol. The van der Waals surface area contributed by atoms with E-state index < -0.39 is 10.1 Å². The quantitative estimate of drug-likeness (QED) is 0.450. The van der Waals surface area contributed by atoms with E-state index in [1.807, 2.05) is 0 Å². The van der Waals surface area contributed by atoms with E-state index in [1.165, 1.54) is 0 Å². The van der Waals surface area contributed by atoms with E-state index in [0.29, 0.717) is 5.41 Å². The Morgan fingerprint density at radius 1 is 1.67 bits per heavy atom. The predicted octanol–water partition coefficient (Wildman–Crippen LogP) is 0.684. The van der Waals surface area contributed by atoms with Crippen LogP contribution in [-0.2, 0) is 10.1 Å². The Labute approximate surface area is 53.6 Å². The topological polar surface area (TPSA) is 74.6 Å². The van der Waals surface area contributed by atoms with Crippen LogP contribution in [0.3, 0.4) is 0 Å². The lowest BCUT2D eigenvalue weighted by Gasteiger charge is -1.89. The molecule has 5 heteroatoms. The third kappa shape index (κ3) is 5.32. The first kappa shape index (κ1) is 8.45. The zero-order valence-corrected chi connectivity index (χ0v) is 5.72. The van der Waals surface area contributed by atoms with Crippen LogP contribution in [0.25, 0.3) is 0 Å². The van der Waals surface area contributed by atoms with Crippen molar-refractivity contribution < 1.29 is 18.1 Å². The van der Waals surface area contributed by atoms with Crippen molar-refractivity contribution in [2.24, 2.45) is 0 Å². The molecule has 0 spiro atoms. The summed E-state index contributed by atoms with van der Waals surface area (Å²) >= 11 is 0. The van der Waals surface area contributed by atoms with E-state index in [2.05, 4.69) is 0 Å². The molecule has 4 nitrogen and oxygen atoms in total. The van der Waals surface area contributed by atoms with Gasteiger partial charge >= 0.3 is 0 Å². The Hall–Kier alpha value is -0.550. The van der Waals surface area contributed by atoms with E-state index in [9.17, 15) is 8.42 Å². The minimum Gasteiger partial charge on any atom is -0.512 e. The average Bonchev–Trinajstić information content (AvgIpc) is 1.62. The van der Waals surface area contributed by atoms with Crippen LogP contribution in [0.2, 0.25) is 0 Å². The number of aliphatic hydroxyl groups is 1. The van der Waals surface area contributed by atoms with Crippen LogP contribution in [0.5, 0.6) is 0 Å². The van der Waals surface area contributed by atoms with E-state index in [-0.39, 0.29) is 12.2 Å². The number of hydrogen-bond donors (Lipinski definition) is 2. The van der Waals surface area contributed by atoms with Gasteiger partial charge in [0, 0.05) is 6.42 Å². The summed E-state index contributed by atoms with van der Waals surface area (Å²) in [5.74, 6) is -0.350. The van der Waals surface area contributed by atoms with Gasteiger partial charge in [-0.1, -0.05) is 6.92 Å². The highest BCUT2D eigenvalue weighted by molar-refractivity contribution is 7.88. The predicted molar refractivity (Wildman–Crippen MR) is 32.6 cm³/mol. The summed E-state index contributed by atoms with van der Waals surface area (Å²) in [5.41, 5.74) is 0. The average molecular weight is 152 g/mol. The zero-order valence-electron chi connectivity index (χ0n) is 4.90. The first-order chi connectivity index (χ1) is 3.95. The first-order valence-electron chi connectivity index (χ1n) is 2.32. The first-order valence-corrected chi connectivity index (χ1v) is 3.83. The van der Waals surface area contributed by atoms with Gasteiger partial charge in [-0.2, -0.15) is 8.42 Å². The summed E-state index contributed by atoms with van der Waals surface area (Å²) in [5, 5.41) is 8.93. The second kappa shape index (κ2) is 2.84. The molecule has 0 aliphatic rings. The number of hydrogen-bond acceptors (Lipinski definition) is 3. The van der Waals surface area contributed by atoms with Crippen LogP contribution in [0.4, 0.5) is 0 Å². The molecule has 0 aliphatic carbocycles. The summed E-state index contributed by atoms with van der Waals surface area (Å²) in [6, 6.07) is 0. The van der Waals surface area contributed by atoms with Crippen molar-refractivity contribution in [1.82, 2.24) is 0 Å². The Bertz CT molecular complexity index is 201. The van der Waals surface area contributed by atoms with Gasteiger partial charge in [-0.3, -0.25) is 4.55 Å². The van der Waals surface area contributed by atoms with Gasteiger partial charge in [0.25, 0.3) is 10.1 Å². The molecule has 54 valence electrons. The normalized spacial score (nSPS) is 13.8. The molecule has 0 heterocycles. The fraction of sp³-hybridized carbons (Fsp3) is 0.500. The van der Waals surface area contributed by atoms with E-state index in [1.54, 1.807) is 6.92 Å². The van der Waals surface area contributed by atoms with Crippen molar-refractivity contribution in [3.05, 3.63) is 11.2 Å². The highest BCUT2D eigenvalue weighted by Gasteiger charge is 1.99. The molecule has 0 aliphatic heterocycles. The molecule has 0 saturated heterocycles. The highest BCUT2D eigenvalue weighted by atomic mass is 32.2. The highest BCUT2D eigenvalue weighted by Crippen LogP contribution is 1.96. The molecule has 0 aromatic carbocycles. The molecule has 2 N–H and O–H groups in total. The third-order valence-corrected chi connectivity index (χ3v) is 1.22. The van der Waals surface area contributed by atoms with Gasteiger partial charge in [-0.25, -0.2) is 0 Å². The van der Waals surface area contributed by atoms with E-state index in [4.69, 9.17) is 9.66 Å². The maximum absolute atomic E-state index is 9.92. The maximum atomic E-state index is 9.92. The summed E-state index contributed by atoms with van der Waals surface area (Å²) in [4.78, 5) is 0. The van der Waals surface area contributed by atoms with Gasteiger partial charge in [0.1, 0.15) is 5.76 Å². The van der Waals surface area contributed by atoms with Gasteiger partial charge in [-0.15, -0.1) is 0 Å². The van der Waals surface area contributed by atoms with Crippen LogP contribution < -0.4 is 0 Å². The van der Waals surface area contributed by atoms with E-state index >= 15 is 0 Å². The smallest absolute Gasteiger partial charge is 0.290 e. The minimum atomic E-state index is -4.15. The molecule has 0 amide bonds. The second-order valence-corrected chi connectivity index (χ2v) is 2.74. The van der Waals surface area contributed by atoms with Gasteiger partial charge in [0.15, 0.2) is 0 Å². The molecule has 0 atom stereocenters. The molecule has 0 aromatic rings. The van der Waals surface area contributed by atoms with Crippen molar-refractivity contribution in [1.29, 1.82) is 0 Å². The molecule has 0 rings (SSSR count). The van der Waals surface area contributed by atoms with E-state index in [0.717, 1.165) is 0 Å². The fourth-order valence-corrected chi connectivity index (χ4v) is 0.766. The lowest BCUT2D eigenvalue weighted by Crippen LogP contribution is -1.92. The lowest BCUT2D eigenvalue weighted by atomic mass is 10.4. The Balaban J connectivity index is 4.32. The van der Waals surface area contributed by atoms with Crippen LogP contribution in [0.1, 0.15) is 13.3 Å². The molecule has 0 bridgehead atoms. The van der Waals surface area contributed by atoms with Gasteiger partial charge in [0.2, 0.25) is 0 Å². The van der Waals surface area contributed by atoms with Gasteiger partial charge < -0.3 is 5.11 Å². The summed E-state index contributed by atoms with van der Waals surface area (Å²) in [6.07, 6.45) is 0.194. The lowest BCUT2D eigenvalue weighted by molar-refractivity contribution is 0.394. The molecular weight excluding hydrogens is 144 g/mol. The fourth-order valence-electron chi connectivity index (χ4n) is 0.255. The summed E-state index contributed by atoms with van der Waals surface area (Å²) in [6.45, 7) is 1.57. The Morgan fingerprint density at radius 2 is 2.11 bits per heavy atom. The number of rotatable bonds is 2. The Kier molecular flexibility index (Phi) is 2.66. The van der Waals surface area contributed by atoms with Crippen LogP contribution in [0, 0.1) is 0 Å². The van der Waals surface area contributed by atoms with Crippen LogP contribution in [0.15, 0.2) is 11.2 Å².